The molecule has 0 aromatic heterocycles. The third-order valence-corrected chi connectivity index (χ3v) is 4.60. The molecule has 0 spiro atoms. The number of ether oxygens (including phenoxy) is 2. The number of carbonyl (C=O) groups is 1. The van der Waals surface area contributed by atoms with Gasteiger partial charge in [0, 0.05) is 12.1 Å². The summed E-state index contributed by atoms with van der Waals surface area (Å²) in [6.45, 7) is 10.4. The second kappa shape index (κ2) is 10.1. The molecule has 1 heterocycles. The summed E-state index contributed by atoms with van der Waals surface area (Å²) in [6.07, 6.45) is 5.21. The Morgan fingerprint density at radius 3 is 2.80 bits per heavy atom. The number of hydrogen-bond acceptors (Lipinski definition) is 4. The Labute approximate surface area is 151 Å². The van der Waals surface area contributed by atoms with Crippen molar-refractivity contribution >= 4 is 5.91 Å². The fraction of sp³-hybridized carbons (Fsp3) is 0.550. The number of rotatable bonds is 9. The predicted molar refractivity (Wildman–Crippen MR) is 100 cm³/mol. The minimum absolute atomic E-state index is 0.0826. The second-order valence-electron chi connectivity index (χ2n) is 6.60. The first-order valence-electron chi connectivity index (χ1n) is 9.06. The Kier molecular flexibility index (Phi) is 7.79. The summed E-state index contributed by atoms with van der Waals surface area (Å²) in [5.41, 5.74) is 0.578. The lowest BCUT2D eigenvalue weighted by molar-refractivity contribution is 0.0950. The van der Waals surface area contributed by atoms with Crippen molar-refractivity contribution in [3.63, 3.8) is 0 Å². The van der Waals surface area contributed by atoms with Crippen LogP contribution in [0, 0.1) is 5.92 Å². The topological polar surface area (TPSA) is 50.8 Å². The minimum atomic E-state index is -0.0826. The average molecular weight is 346 g/mol. The molecule has 1 fully saturated rings. The molecule has 0 saturated carbocycles. The number of likely N-dealkylation sites (tertiary alicyclic amines) is 1. The van der Waals surface area contributed by atoms with E-state index in [9.17, 15) is 4.79 Å². The highest BCUT2D eigenvalue weighted by Crippen LogP contribution is 2.28. The molecule has 138 valence electrons. The van der Waals surface area contributed by atoms with Crippen LogP contribution in [0.5, 0.6) is 11.5 Å². The number of nitrogens with one attached hydrogen (secondary N) is 1. The number of hydrogen-bond donors (Lipinski definition) is 1. The van der Waals surface area contributed by atoms with Crippen LogP contribution in [0.4, 0.5) is 0 Å². The van der Waals surface area contributed by atoms with E-state index in [1.807, 2.05) is 0 Å². The van der Waals surface area contributed by atoms with Crippen molar-refractivity contribution in [1.29, 1.82) is 0 Å². The average Bonchev–Trinajstić information content (AvgIpc) is 2.64. The SMILES string of the molecule is C=CCOc1ccc(C(=O)NCCCN2CCC(C)CC2)cc1OC. The van der Waals surface area contributed by atoms with Gasteiger partial charge in [0.1, 0.15) is 6.61 Å². The van der Waals surface area contributed by atoms with E-state index >= 15 is 0 Å². The van der Waals surface area contributed by atoms with Gasteiger partial charge in [0.05, 0.1) is 7.11 Å². The van der Waals surface area contributed by atoms with Gasteiger partial charge in [0.15, 0.2) is 11.5 Å². The highest BCUT2D eigenvalue weighted by atomic mass is 16.5. The van der Waals surface area contributed by atoms with Crippen LogP contribution in [-0.4, -0.2) is 50.7 Å². The third kappa shape index (κ3) is 6.09. The molecule has 1 aliphatic rings. The maximum atomic E-state index is 12.3. The number of piperidine rings is 1. The summed E-state index contributed by atoms with van der Waals surface area (Å²) in [7, 11) is 1.57. The molecule has 0 radical (unpaired) electrons. The van der Waals surface area contributed by atoms with Crippen molar-refractivity contribution in [3.8, 4) is 11.5 Å². The van der Waals surface area contributed by atoms with Crippen LogP contribution in [0.3, 0.4) is 0 Å². The highest BCUT2D eigenvalue weighted by molar-refractivity contribution is 5.94. The fourth-order valence-electron chi connectivity index (χ4n) is 2.97. The first-order valence-corrected chi connectivity index (χ1v) is 9.06. The summed E-state index contributed by atoms with van der Waals surface area (Å²) in [6, 6.07) is 5.22. The molecular formula is C20H30N2O3. The van der Waals surface area contributed by atoms with Crippen LogP contribution in [0.1, 0.15) is 36.5 Å². The third-order valence-electron chi connectivity index (χ3n) is 4.60. The molecule has 0 aliphatic carbocycles. The van der Waals surface area contributed by atoms with Gasteiger partial charge in [0.2, 0.25) is 0 Å². The quantitative estimate of drug-likeness (QED) is 0.551. The molecule has 5 heteroatoms. The predicted octanol–water partition coefficient (Wildman–Crippen LogP) is 3.11. The molecule has 0 unspecified atom stereocenters. The Morgan fingerprint density at radius 2 is 2.12 bits per heavy atom. The van der Waals surface area contributed by atoms with Gasteiger partial charge in [0.25, 0.3) is 5.91 Å². The van der Waals surface area contributed by atoms with Gasteiger partial charge in [-0.2, -0.15) is 0 Å². The standard InChI is InChI=1S/C20H30N2O3/c1-4-14-25-18-7-6-17(15-19(18)24-3)20(23)21-10-5-11-22-12-8-16(2)9-13-22/h4,6-7,15-16H,1,5,8-14H2,2-3H3,(H,21,23). The van der Waals surface area contributed by atoms with Crippen molar-refractivity contribution in [2.45, 2.75) is 26.2 Å². The number of nitrogens with zero attached hydrogens (tertiary/aromatic N) is 1. The van der Waals surface area contributed by atoms with E-state index in [4.69, 9.17) is 9.47 Å². The lowest BCUT2D eigenvalue weighted by Crippen LogP contribution is -2.35. The van der Waals surface area contributed by atoms with Crippen molar-refractivity contribution in [1.82, 2.24) is 10.2 Å². The van der Waals surface area contributed by atoms with Gasteiger partial charge >= 0.3 is 0 Å². The number of benzene rings is 1. The van der Waals surface area contributed by atoms with E-state index in [1.165, 1.54) is 25.9 Å². The van der Waals surface area contributed by atoms with Crippen LogP contribution < -0.4 is 14.8 Å². The van der Waals surface area contributed by atoms with Gasteiger partial charge < -0.3 is 19.7 Å². The molecule has 0 bridgehead atoms. The van der Waals surface area contributed by atoms with Gasteiger partial charge in [-0.05, 0) is 63.0 Å². The molecule has 2 rings (SSSR count). The van der Waals surface area contributed by atoms with Crippen molar-refractivity contribution in [3.05, 3.63) is 36.4 Å². The van der Waals surface area contributed by atoms with Crippen LogP contribution in [0.25, 0.3) is 0 Å². The minimum Gasteiger partial charge on any atom is -0.493 e. The number of amides is 1. The molecule has 0 atom stereocenters. The fourth-order valence-corrected chi connectivity index (χ4v) is 2.97. The molecule has 1 aliphatic heterocycles. The molecule has 25 heavy (non-hydrogen) atoms. The van der Waals surface area contributed by atoms with Crippen LogP contribution >= 0.6 is 0 Å². The van der Waals surface area contributed by atoms with Crippen molar-refractivity contribution in [2.24, 2.45) is 5.92 Å². The van der Waals surface area contributed by atoms with E-state index in [1.54, 1.807) is 31.4 Å². The molecule has 1 aromatic rings. The summed E-state index contributed by atoms with van der Waals surface area (Å²) >= 11 is 0. The van der Waals surface area contributed by atoms with Gasteiger partial charge in [-0.25, -0.2) is 0 Å². The second-order valence-corrected chi connectivity index (χ2v) is 6.60. The largest absolute Gasteiger partial charge is 0.493 e. The molecule has 5 nitrogen and oxygen atoms in total. The molecule has 1 aromatic carbocycles. The van der Waals surface area contributed by atoms with E-state index < -0.39 is 0 Å². The Hall–Kier alpha value is -2.01. The Balaban J connectivity index is 1.77. The van der Waals surface area contributed by atoms with Gasteiger partial charge in [-0.1, -0.05) is 19.6 Å². The van der Waals surface area contributed by atoms with Crippen LogP contribution in [0.15, 0.2) is 30.9 Å². The van der Waals surface area contributed by atoms with Crippen LogP contribution in [-0.2, 0) is 0 Å². The van der Waals surface area contributed by atoms with E-state index in [0.29, 0.717) is 30.2 Å². The zero-order valence-electron chi connectivity index (χ0n) is 15.4. The smallest absolute Gasteiger partial charge is 0.251 e. The Morgan fingerprint density at radius 1 is 1.36 bits per heavy atom. The molecular weight excluding hydrogens is 316 g/mol. The van der Waals surface area contributed by atoms with E-state index in [-0.39, 0.29) is 5.91 Å². The Bertz CT molecular complexity index is 566. The van der Waals surface area contributed by atoms with E-state index in [0.717, 1.165) is 18.9 Å². The molecule has 1 amide bonds. The molecule has 1 saturated heterocycles. The number of methoxy groups -OCH3 is 1. The zero-order chi connectivity index (χ0) is 18.1. The maximum absolute atomic E-state index is 12.3. The van der Waals surface area contributed by atoms with Gasteiger partial charge in [-0.15, -0.1) is 0 Å². The summed E-state index contributed by atoms with van der Waals surface area (Å²) in [4.78, 5) is 14.8. The lowest BCUT2D eigenvalue weighted by atomic mass is 9.99. The summed E-state index contributed by atoms with van der Waals surface area (Å²) in [5, 5.41) is 2.98. The summed E-state index contributed by atoms with van der Waals surface area (Å²) < 4.78 is 10.8. The van der Waals surface area contributed by atoms with Crippen molar-refractivity contribution in [2.75, 3.05) is 39.9 Å². The highest BCUT2D eigenvalue weighted by Gasteiger charge is 2.15. The first-order chi connectivity index (χ1) is 12.1. The van der Waals surface area contributed by atoms with E-state index in [2.05, 4.69) is 23.7 Å². The van der Waals surface area contributed by atoms with Crippen molar-refractivity contribution < 1.29 is 14.3 Å². The van der Waals surface area contributed by atoms with Gasteiger partial charge in [-0.3, -0.25) is 4.79 Å². The van der Waals surface area contributed by atoms with Crippen LogP contribution in [0.2, 0.25) is 0 Å². The summed E-state index contributed by atoms with van der Waals surface area (Å²) in [5.74, 6) is 1.93. The zero-order valence-corrected chi connectivity index (χ0v) is 15.4. The monoisotopic (exact) mass is 346 g/mol. The maximum Gasteiger partial charge on any atom is 0.251 e. The normalized spacial score (nSPS) is 15.6. The number of carbonyl (C=O) groups excluding carboxylic acids is 1. The first kappa shape index (κ1) is 19.3. The lowest BCUT2D eigenvalue weighted by Gasteiger charge is -2.30. The molecule has 1 N–H and O–H groups in total.